The van der Waals surface area contributed by atoms with Gasteiger partial charge in [0.15, 0.2) is 0 Å². The molecule has 9 heteroatoms. The second kappa shape index (κ2) is 9.23. The molecule has 37 heavy (non-hydrogen) atoms. The highest BCUT2D eigenvalue weighted by Crippen LogP contribution is 2.48. The highest BCUT2D eigenvalue weighted by molar-refractivity contribution is 7.15. The number of nitrogens with one attached hydrogen (secondary N) is 1. The summed E-state index contributed by atoms with van der Waals surface area (Å²) in [6.07, 6.45) is 1.78. The minimum Gasteiger partial charge on any atom is -0.496 e. The normalized spacial score (nSPS) is 20.1. The van der Waals surface area contributed by atoms with E-state index in [1.165, 1.54) is 23.5 Å². The standard InChI is InChI=1S/C28H25FN4O3S/c1-15-31-25(26(37-15)16-6-5-7-18(29)10-16)28(35)33-19(11-17-12-23(17)33)14-30-27(34)22-13-24(36-2)20-8-3-4-9-21(20)32-22/h3-10,13,17,19,23H,11-12,14H2,1-2H3,(H,30,34)/t17-,19+,23+/m1/s1. The van der Waals surface area contributed by atoms with Crippen molar-refractivity contribution in [1.29, 1.82) is 0 Å². The Morgan fingerprint density at radius 2 is 1.97 bits per heavy atom. The van der Waals surface area contributed by atoms with E-state index in [9.17, 15) is 14.0 Å². The molecular formula is C28H25FN4O3S. The SMILES string of the molecule is COc1cc(C(=O)NC[C@@H]2C[C@@H]3C[C@@H]3N2C(=O)c2nc(C)sc2-c2cccc(F)c2)nc2ccccc12. The van der Waals surface area contributed by atoms with Crippen LogP contribution in [0, 0.1) is 18.7 Å². The smallest absolute Gasteiger partial charge is 0.274 e. The van der Waals surface area contributed by atoms with Crippen LogP contribution in [0.3, 0.4) is 0 Å². The first-order valence-electron chi connectivity index (χ1n) is 12.2. The van der Waals surface area contributed by atoms with Gasteiger partial charge in [0.25, 0.3) is 11.8 Å². The van der Waals surface area contributed by atoms with Crippen LogP contribution in [-0.2, 0) is 0 Å². The van der Waals surface area contributed by atoms with Crippen molar-refractivity contribution in [3.05, 3.63) is 76.8 Å². The quantitative estimate of drug-likeness (QED) is 0.396. The topological polar surface area (TPSA) is 84.4 Å². The van der Waals surface area contributed by atoms with Crippen molar-refractivity contribution >= 4 is 34.1 Å². The predicted molar refractivity (Wildman–Crippen MR) is 139 cm³/mol. The number of thiazole rings is 1. The lowest BCUT2D eigenvalue weighted by atomic mass is 10.1. The van der Waals surface area contributed by atoms with Crippen molar-refractivity contribution in [1.82, 2.24) is 20.2 Å². The predicted octanol–water partition coefficient (Wildman–Crippen LogP) is 4.85. The zero-order valence-corrected chi connectivity index (χ0v) is 21.2. The fourth-order valence-corrected chi connectivity index (χ4v) is 6.21. The first-order valence-corrected chi connectivity index (χ1v) is 13.0. The Balaban J connectivity index is 1.22. The minimum atomic E-state index is -0.357. The summed E-state index contributed by atoms with van der Waals surface area (Å²) in [6, 6.07) is 15.4. The number of hydrogen-bond donors (Lipinski definition) is 1. The van der Waals surface area contributed by atoms with E-state index in [4.69, 9.17) is 4.74 Å². The number of aromatic nitrogens is 2. The van der Waals surface area contributed by atoms with Crippen molar-refractivity contribution in [2.45, 2.75) is 31.8 Å². The van der Waals surface area contributed by atoms with E-state index in [0.717, 1.165) is 23.2 Å². The van der Waals surface area contributed by atoms with Gasteiger partial charge in [0.05, 0.1) is 28.6 Å². The average molecular weight is 517 g/mol. The molecule has 6 rings (SSSR count). The Bertz CT molecular complexity index is 1540. The van der Waals surface area contributed by atoms with E-state index in [0.29, 0.717) is 39.9 Å². The van der Waals surface area contributed by atoms with Crippen molar-refractivity contribution in [3.63, 3.8) is 0 Å². The van der Waals surface area contributed by atoms with Crippen LogP contribution in [0.5, 0.6) is 5.75 Å². The van der Waals surface area contributed by atoms with Gasteiger partial charge in [-0.3, -0.25) is 9.59 Å². The maximum atomic E-state index is 13.9. The number of halogens is 1. The second-order valence-corrected chi connectivity index (χ2v) is 10.7. The highest BCUT2D eigenvalue weighted by Gasteiger charge is 2.54. The van der Waals surface area contributed by atoms with Gasteiger partial charge < -0.3 is 15.0 Å². The molecule has 3 atom stereocenters. The van der Waals surface area contributed by atoms with Gasteiger partial charge >= 0.3 is 0 Å². The summed E-state index contributed by atoms with van der Waals surface area (Å²) in [7, 11) is 1.57. The van der Waals surface area contributed by atoms with Crippen molar-refractivity contribution in [3.8, 4) is 16.2 Å². The summed E-state index contributed by atoms with van der Waals surface area (Å²) in [5, 5.41) is 4.56. The Morgan fingerprint density at radius 1 is 1.14 bits per heavy atom. The molecule has 2 aromatic heterocycles. The zero-order valence-electron chi connectivity index (χ0n) is 20.4. The summed E-state index contributed by atoms with van der Waals surface area (Å²) in [5.41, 5.74) is 1.93. The molecule has 1 aliphatic heterocycles. The molecule has 2 aromatic carbocycles. The molecular weight excluding hydrogens is 491 g/mol. The van der Waals surface area contributed by atoms with E-state index < -0.39 is 0 Å². The average Bonchev–Trinajstić information content (AvgIpc) is 3.39. The van der Waals surface area contributed by atoms with Gasteiger partial charge in [0.2, 0.25) is 0 Å². The molecule has 188 valence electrons. The number of nitrogens with zero attached hydrogens (tertiary/aromatic N) is 3. The van der Waals surface area contributed by atoms with Gasteiger partial charge in [-0.2, -0.15) is 0 Å². The fourth-order valence-electron chi connectivity index (χ4n) is 5.31. The number of fused-ring (bicyclic) bond motifs is 2. The van der Waals surface area contributed by atoms with E-state index in [1.54, 1.807) is 25.3 Å². The van der Waals surface area contributed by atoms with E-state index in [1.807, 2.05) is 36.1 Å². The number of rotatable bonds is 6. The number of para-hydroxylation sites is 1. The van der Waals surface area contributed by atoms with Crippen molar-refractivity contribution in [2.75, 3.05) is 13.7 Å². The van der Waals surface area contributed by atoms with Crippen LogP contribution in [0.4, 0.5) is 4.39 Å². The molecule has 3 heterocycles. The Labute approximate surface area is 217 Å². The number of benzene rings is 2. The number of amides is 2. The highest BCUT2D eigenvalue weighted by atomic mass is 32.1. The summed E-state index contributed by atoms with van der Waals surface area (Å²) in [4.78, 5) is 38.4. The number of carbonyl (C=O) groups is 2. The van der Waals surface area contributed by atoms with Crippen molar-refractivity contribution < 1.29 is 18.7 Å². The molecule has 2 fully saturated rings. The zero-order chi connectivity index (χ0) is 25.7. The molecule has 2 aliphatic rings. The van der Waals surface area contributed by atoms with Crippen LogP contribution in [-0.4, -0.2) is 52.4 Å². The number of hydrogen-bond acceptors (Lipinski definition) is 6. The van der Waals surface area contributed by atoms with Gasteiger partial charge in [-0.15, -0.1) is 11.3 Å². The maximum absolute atomic E-state index is 13.9. The first-order chi connectivity index (χ1) is 17.9. The lowest BCUT2D eigenvalue weighted by Gasteiger charge is -2.27. The molecule has 0 bridgehead atoms. The molecule has 1 saturated carbocycles. The Morgan fingerprint density at radius 3 is 2.78 bits per heavy atom. The lowest BCUT2D eigenvalue weighted by Crippen LogP contribution is -2.45. The minimum absolute atomic E-state index is 0.148. The van der Waals surface area contributed by atoms with Crippen LogP contribution < -0.4 is 10.1 Å². The summed E-state index contributed by atoms with van der Waals surface area (Å²) < 4.78 is 19.4. The molecule has 7 nitrogen and oxygen atoms in total. The maximum Gasteiger partial charge on any atom is 0.274 e. The summed E-state index contributed by atoms with van der Waals surface area (Å²) in [6.45, 7) is 2.16. The number of carbonyl (C=O) groups excluding carboxylic acids is 2. The largest absolute Gasteiger partial charge is 0.496 e. The number of aryl methyl sites for hydroxylation is 1. The molecule has 0 spiro atoms. The van der Waals surface area contributed by atoms with Gasteiger partial charge in [0, 0.05) is 24.0 Å². The van der Waals surface area contributed by atoms with E-state index >= 15 is 0 Å². The van der Waals surface area contributed by atoms with Crippen LogP contribution in [0.2, 0.25) is 0 Å². The van der Waals surface area contributed by atoms with E-state index in [2.05, 4.69) is 15.3 Å². The van der Waals surface area contributed by atoms with Gasteiger partial charge in [-0.05, 0) is 55.5 Å². The Kier molecular flexibility index (Phi) is 5.87. The van der Waals surface area contributed by atoms with Crippen LogP contribution in [0.25, 0.3) is 21.3 Å². The van der Waals surface area contributed by atoms with Gasteiger partial charge in [0.1, 0.15) is 23.0 Å². The third-order valence-corrected chi connectivity index (χ3v) is 8.12. The third kappa shape index (κ3) is 4.33. The summed E-state index contributed by atoms with van der Waals surface area (Å²) >= 11 is 1.38. The van der Waals surface area contributed by atoms with Gasteiger partial charge in [-0.25, -0.2) is 14.4 Å². The first kappa shape index (κ1) is 23.5. The molecule has 4 aromatic rings. The third-order valence-electron chi connectivity index (χ3n) is 7.10. The molecule has 1 saturated heterocycles. The van der Waals surface area contributed by atoms with Crippen LogP contribution >= 0.6 is 11.3 Å². The number of pyridine rings is 1. The fraction of sp³-hybridized carbons (Fsp3) is 0.286. The summed E-state index contributed by atoms with van der Waals surface area (Å²) in [5.74, 6) is 0.172. The molecule has 0 unspecified atom stereocenters. The van der Waals surface area contributed by atoms with Crippen molar-refractivity contribution in [2.24, 2.45) is 5.92 Å². The molecule has 0 radical (unpaired) electrons. The van der Waals surface area contributed by atoms with Crippen LogP contribution in [0.1, 0.15) is 38.8 Å². The lowest BCUT2D eigenvalue weighted by molar-refractivity contribution is 0.0684. The number of likely N-dealkylation sites (tertiary alicyclic amines) is 1. The second-order valence-electron chi connectivity index (χ2n) is 9.52. The number of piperidine rings is 1. The Hall–Kier alpha value is -3.85. The molecule has 1 N–H and O–H groups in total. The number of methoxy groups -OCH3 is 1. The molecule has 1 aliphatic carbocycles. The number of ether oxygens (including phenoxy) is 1. The van der Waals surface area contributed by atoms with Crippen LogP contribution in [0.15, 0.2) is 54.6 Å². The molecule has 2 amide bonds. The monoisotopic (exact) mass is 516 g/mol. The van der Waals surface area contributed by atoms with Gasteiger partial charge in [-0.1, -0.05) is 24.3 Å². The van der Waals surface area contributed by atoms with E-state index in [-0.39, 0.29) is 35.4 Å².